The first-order chi connectivity index (χ1) is 8.70. The Morgan fingerprint density at radius 1 is 1.39 bits per heavy atom. The Hall–Kier alpha value is -1.27. The largest absolute Gasteiger partial charge is 0.313 e. The number of aryl methyl sites for hydroxylation is 1. The van der Waals surface area contributed by atoms with Crippen molar-refractivity contribution in [2.24, 2.45) is 0 Å². The maximum absolute atomic E-state index is 4.46. The Labute approximate surface area is 115 Å². The summed E-state index contributed by atoms with van der Waals surface area (Å²) in [5.74, 6) is 0.595. The summed E-state index contributed by atoms with van der Waals surface area (Å²) < 4.78 is 2.57. The van der Waals surface area contributed by atoms with E-state index in [9.17, 15) is 0 Å². The van der Waals surface area contributed by atoms with Crippen LogP contribution < -0.4 is 5.32 Å². The van der Waals surface area contributed by atoms with Gasteiger partial charge in [-0.15, -0.1) is 0 Å². The molecule has 0 radical (unpaired) electrons. The molecule has 0 saturated heterocycles. The second kappa shape index (κ2) is 6.06. The van der Waals surface area contributed by atoms with Gasteiger partial charge in [0.05, 0.1) is 10.7 Å². The zero-order chi connectivity index (χ0) is 13.0. The predicted molar refractivity (Wildman–Crippen MR) is 73.6 cm³/mol. The van der Waals surface area contributed by atoms with Crippen LogP contribution in [-0.2, 0) is 6.54 Å². The van der Waals surface area contributed by atoms with E-state index in [1.54, 1.807) is 10.9 Å². The molecular formula is C12H16BrN5. The van der Waals surface area contributed by atoms with Crippen molar-refractivity contribution in [3.05, 3.63) is 34.3 Å². The maximum Gasteiger partial charge on any atom is 0.250 e. The van der Waals surface area contributed by atoms with Crippen LogP contribution in [0.5, 0.6) is 0 Å². The van der Waals surface area contributed by atoms with Crippen molar-refractivity contribution < 1.29 is 0 Å². The monoisotopic (exact) mass is 309 g/mol. The van der Waals surface area contributed by atoms with Gasteiger partial charge >= 0.3 is 0 Å². The van der Waals surface area contributed by atoms with E-state index < -0.39 is 0 Å². The molecule has 0 saturated carbocycles. The number of aromatic nitrogens is 4. The zero-order valence-electron chi connectivity index (χ0n) is 10.5. The molecule has 2 heterocycles. The molecule has 0 aromatic carbocycles. The number of hydrogen-bond donors (Lipinski definition) is 1. The molecule has 2 rings (SSSR count). The zero-order valence-corrected chi connectivity index (χ0v) is 12.1. The molecule has 0 aliphatic carbocycles. The normalized spacial score (nSPS) is 10.8. The summed E-state index contributed by atoms with van der Waals surface area (Å²) in [5, 5.41) is 7.51. The van der Waals surface area contributed by atoms with Crippen LogP contribution in [0.2, 0.25) is 0 Å². The van der Waals surface area contributed by atoms with Gasteiger partial charge in [-0.2, -0.15) is 5.10 Å². The molecule has 1 N–H and O–H groups in total. The number of nitrogens with zero attached hydrogens (tertiary/aromatic N) is 4. The van der Waals surface area contributed by atoms with Crippen LogP contribution in [0.1, 0.15) is 24.6 Å². The van der Waals surface area contributed by atoms with Gasteiger partial charge in [0.25, 0.3) is 5.95 Å². The Bertz CT molecular complexity index is 523. The lowest BCUT2D eigenvalue weighted by Crippen LogP contribution is -2.16. The first-order valence-corrected chi connectivity index (χ1v) is 6.73. The Balaban J connectivity index is 2.14. The third-order valence-electron chi connectivity index (χ3n) is 2.57. The van der Waals surface area contributed by atoms with Gasteiger partial charge in [0.15, 0.2) is 0 Å². The van der Waals surface area contributed by atoms with Gasteiger partial charge in [-0.05, 0) is 35.8 Å². The number of hydrogen-bond acceptors (Lipinski definition) is 4. The second-order valence-electron chi connectivity index (χ2n) is 4.06. The average molecular weight is 310 g/mol. The minimum atomic E-state index is 0.595. The van der Waals surface area contributed by atoms with Crippen LogP contribution in [0.15, 0.2) is 23.1 Å². The van der Waals surface area contributed by atoms with Gasteiger partial charge in [0.1, 0.15) is 0 Å². The van der Waals surface area contributed by atoms with E-state index in [4.69, 9.17) is 0 Å². The molecule has 0 unspecified atom stereocenters. The smallest absolute Gasteiger partial charge is 0.250 e. The van der Waals surface area contributed by atoms with Crippen molar-refractivity contribution in [2.75, 3.05) is 6.54 Å². The summed E-state index contributed by atoms with van der Waals surface area (Å²) in [6, 6.07) is 0. The maximum atomic E-state index is 4.46. The van der Waals surface area contributed by atoms with Crippen molar-refractivity contribution in [3.63, 3.8) is 0 Å². The molecule has 18 heavy (non-hydrogen) atoms. The number of halogens is 1. The molecule has 0 fully saturated rings. The quantitative estimate of drug-likeness (QED) is 0.861. The first kappa shape index (κ1) is 13.2. The van der Waals surface area contributed by atoms with Crippen molar-refractivity contribution in [1.29, 1.82) is 0 Å². The molecule has 0 bridgehead atoms. The molecule has 2 aromatic rings. The van der Waals surface area contributed by atoms with Crippen molar-refractivity contribution in [3.8, 4) is 5.95 Å². The van der Waals surface area contributed by atoms with E-state index in [1.807, 2.05) is 19.3 Å². The third-order valence-corrected chi connectivity index (χ3v) is 2.98. The molecule has 0 amide bonds. The molecule has 5 nitrogen and oxygen atoms in total. The van der Waals surface area contributed by atoms with E-state index in [-0.39, 0.29) is 0 Å². The summed E-state index contributed by atoms with van der Waals surface area (Å²) in [5.41, 5.74) is 2.11. The third kappa shape index (κ3) is 3.14. The van der Waals surface area contributed by atoms with Crippen LogP contribution in [0.25, 0.3) is 5.95 Å². The summed E-state index contributed by atoms with van der Waals surface area (Å²) >= 11 is 3.36. The van der Waals surface area contributed by atoms with Crippen LogP contribution in [0.4, 0.5) is 0 Å². The Morgan fingerprint density at radius 3 is 2.83 bits per heavy atom. The summed E-state index contributed by atoms with van der Waals surface area (Å²) in [4.78, 5) is 8.79. The Kier molecular flexibility index (Phi) is 4.43. The lowest BCUT2D eigenvalue weighted by Gasteiger charge is -2.07. The van der Waals surface area contributed by atoms with Gasteiger partial charge in [0.2, 0.25) is 0 Å². The van der Waals surface area contributed by atoms with Crippen molar-refractivity contribution in [2.45, 2.75) is 26.8 Å². The van der Waals surface area contributed by atoms with E-state index in [2.05, 4.69) is 43.2 Å². The lowest BCUT2D eigenvalue weighted by molar-refractivity contribution is 0.665. The highest BCUT2D eigenvalue weighted by atomic mass is 79.9. The molecule has 0 aliphatic heterocycles. The SMILES string of the molecule is CCCNCc1cnc(-n2cc(Br)cn2)nc1C. The lowest BCUT2D eigenvalue weighted by atomic mass is 10.2. The van der Waals surface area contributed by atoms with Crippen LogP contribution in [0, 0.1) is 6.92 Å². The van der Waals surface area contributed by atoms with Crippen molar-refractivity contribution in [1.82, 2.24) is 25.1 Å². The molecule has 6 heteroatoms. The topological polar surface area (TPSA) is 55.6 Å². The molecule has 2 aromatic heterocycles. The highest BCUT2D eigenvalue weighted by Crippen LogP contribution is 2.11. The van der Waals surface area contributed by atoms with Crippen molar-refractivity contribution >= 4 is 15.9 Å². The minimum absolute atomic E-state index is 0.595. The molecule has 96 valence electrons. The number of rotatable bonds is 5. The minimum Gasteiger partial charge on any atom is -0.313 e. The van der Waals surface area contributed by atoms with Gasteiger partial charge in [-0.25, -0.2) is 14.6 Å². The molecule has 0 spiro atoms. The van der Waals surface area contributed by atoms with E-state index in [0.29, 0.717) is 5.95 Å². The van der Waals surface area contributed by atoms with Crippen LogP contribution in [0.3, 0.4) is 0 Å². The van der Waals surface area contributed by atoms with E-state index in [1.165, 1.54) is 0 Å². The summed E-state index contributed by atoms with van der Waals surface area (Å²) in [6.45, 7) is 5.96. The average Bonchev–Trinajstić information content (AvgIpc) is 2.78. The fourth-order valence-electron chi connectivity index (χ4n) is 1.57. The second-order valence-corrected chi connectivity index (χ2v) is 4.98. The van der Waals surface area contributed by atoms with Crippen LogP contribution >= 0.6 is 15.9 Å². The predicted octanol–water partition coefficient (Wildman–Crippen LogP) is 2.23. The standard InChI is InChI=1S/C12H16BrN5/c1-3-4-14-5-10-6-15-12(17-9(10)2)18-8-11(13)7-16-18/h6-8,14H,3-5H2,1-2H3. The molecule has 0 atom stereocenters. The molecular weight excluding hydrogens is 294 g/mol. The number of nitrogens with one attached hydrogen (secondary N) is 1. The summed E-state index contributed by atoms with van der Waals surface area (Å²) in [7, 11) is 0. The van der Waals surface area contributed by atoms with Gasteiger partial charge in [0, 0.05) is 30.2 Å². The highest BCUT2D eigenvalue weighted by Gasteiger charge is 2.06. The Morgan fingerprint density at radius 2 is 2.22 bits per heavy atom. The van der Waals surface area contributed by atoms with E-state index >= 15 is 0 Å². The first-order valence-electron chi connectivity index (χ1n) is 5.94. The highest BCUT2D eigenvalue weighted by molar-refractivity contribution is 9.10. The van der Waals surface area contributed by atoms with Crippen LogP contribution in [-0.4, -0.2) is 26.3 Å². The van der Waals surface area contributed by atoms with E-state index in [0.717, 1.165) is 35.2 Å². The van der Waals surface area contributed by atoms with Gasteiger partial charge < -0.3 is 5.32 Å². The molecule has 0 aliphatic rings. The fourth-order valence-corrected chi connectivity index (χ4v) is 1.86. The summed E-state index contributed by atoms with van der Waals surface area (Å²) in [6.07, 6.45) is 6.54. The fraction of sp³-hybridized carbons (Fsp3) is 0.417. The van der Waals surface area contributed by atoms with Gasteiger partial charge in [-0.1, -0.05) is 6.92 Å². The van der Waals surface area contributed by atoms with Gasteiger partial charge in [-0.3, -0.25) is 0 Å².